The lowest BCUT2D eigenvalue weighted by molar-refractivity contribution is -0.149. The lowest BCUT2D eigenvalue weighted by atomic mass is 10.1. The minimum absolute atomic E-state index is 0.0442. The van der Waals surface area contributed by atoms with E-state index in [1.54, 1.807) is 0 Å². The highest BCUT2D eigenvalue weighted by molar-refractivity contribution is 5.91. The summed E-state index contributed by atoms with van der Waals surface area (Å²) in [5, 5.41) is 16.6. The van der Waals surface area contributed by atoms with E-state index in [-0.39, 0.29) is 19.6 Å². The van der Waals surface area contributed by atoms with E-state index < -0.39 is 36.3 Å². The first-order valence-electron chi connectivity index (χ1n) is 15.5. The van der Waals surface area contributed by atoms with Crippen molar-refractivity contribution < 1.29 is 29.0 Å². The molecular formula is C34H40N4O6. The van der Waals surface area contributed by atoms with Crippen LogP contribution in [0.4, 0.5) is 4.79 Å². The van der Waals surface area contributed by atoms with Crippen molar-refractivity contribution in [2.24, 2.45) is 0 Å². The van der Waals surface area contributed by atoms with Gasteiger partial charge >= 0.3 is 12.1 Å². The Hall–Kier alpha value is -4.44. The number of unbranched alkanes of at least 4 members (excludes halogenated alkanes) is 1. The number of carbonyl (C=O) groups is 3. The third-order valence-corrected chi connectivity index (χ3v) is 7.94. The van der Waals surface area contributed by atoms with Crippen LogP contribution in [0.15, 0.2) is 60.7 Å². The molecule has 0 aliphatic carbocycles. The average Bonchev–Trinajstić information content (AvgIpc) is 3.46. The van der Waals surface area contributed by atoms with Crippen LogP contribution in [-0.2, 0) is 14.3 Å². The molecule has 3 heterocycles. The number of nitrogens with one attached hydrogen (secondary N) is 2. The van der Waals surface area contributed by atoms with E-state index in [4.69, 9.17) is 14.5 Å². The lowest BCUT2D eigenvalue weighted by Gasteiger charge is -2.27. The quantitative estimate of drug-likeness (QED) is 0.322. The maximum atomic E-state index is 13.8. The van der Waals surface area contributed by atoms with Crippen LogP contribution in [0.5, 0.6) is 5.75 Å². The summed E-state index contributed by atoms with van der Waals surface area (Å²) in [5.74, 6) is -1.10. The maximum absolute atomic E-state index is 13.8. The number of hydrogen-bond donors (Lipinski definition) is 3. The molecule has 3 atom stereocenters. The highest BCUT2D eigenvalue weighted by Gasteiger charge is 2.43. The second-order valence-corrected chi connectivity index (χ2v) is 11.2. The minimum Gasteiger partial charge on any atom is -0.488 e. The fourth-order valence-electron chi connectivity index (χ4n) is 5.58. The van der Waals surface area contributed by atoms with E-state index >= 15 is 0 Å². The molecule has 44 heavy (non-hydrogen) atoms. The van der Waals surface area contributed by atoms with Gasteiger partial charge in [-0.25, -0.2) is 14.6 Å². The zero-order chi connectivity index (χ0) is 30.9. The number of carbonyl (C=O) groups excluding carboxylic acids is 2. The van der Waals surface area contributed by atoms with Crippen LogP contribution in [-0.4, -0.2) is 71.0 Å². The predicted molar refractivity (Wildman–Crippen MR) is 168 cm³/mol. The number of cyclic esters (lactones) is 1. The Balaban J connectivity index is 1.51. The largest absolute Gasteiger partial charge is 0.488 e. The van der Waals surface area contributed by atoms with Gasteiger partial charge in [-0.2, -0.15) is 0 Å². The summed E-state index contributed by atoms with van der Waals surface area (Å²) < 4.78 is 11.9. The van der Waals surface area contributed by atoms with Crippen molar-refractivity contribution in [2.45, 2.75) is 70.2 Å². The molecule has 2 amide bonds. The van der Waals surface area contributed by atoms with E-state index in [1.165, 1.54) is 4.90 Å². The van der Waals surface area contributed by atoms with Gasteiger partial charge in [0.15, 0.2) is 6.17 Å². The van der Waals surface area contributed by atoms with Gasteiger partial charge in [0.2, 0.25) is 0 Å². The highest BCUT2D eigenvalue weighted by atomic mass is 16.5. The number of aliphatic carboxylic acids is 1. The van der Waals surface area contributed by atoms with Gasteiger partial charge in [-0.3, -0.25) is 15.4 Å². The Morgan fingerprint density at radius 1 is 1.11 bits per heavy atom. The second kappa shape index (κ2) is 14.8. The SMILES string of the molecule is CCCCN[C@@H]1NC(=O)OCCCCC/C=C/c2ccc3nc(-c4ccccc4)cc(c3c2)O[C@@H]2C[C@@H](C(=O)O)N(C2)C1=O. The van der Waals surface area contributed by atoms with Gasteiger partial charge in [0.25, 0.3) is 5.91 Å². The number of allylic oxidation sites excluding steroid dienone is 1. The number of ether oxygens (including phenoxy) is 2. The molecule has 3 N–H and O–H groups in total. The molecule has 2 aliphatic heterocycles. The first kappa shape index (κ1) is 31.0. The van der Waals surface area contributed by atoms with E-state index in [2.05, 4.69) is 22.8 Å². The first-order chi connectivity index (χ1) is 21.4. The van der Waals surface area contributed by atoms with Gasteiger partial charge in [0.05, 0.1) is 24.4 Å². The summed E-state index contributed by atoms with van der Waals surface area (Å²) in [4.78, 5) is 44.9. The number of pyridine rings is 1. The van der Waals surface area contributed by atoms with Crippen molar-refractivity contribution >= 4 is 34.9 Å². The van der Waals surface area contributed by atoms with Crippen LogP contribution >= 0.6 is 0 Å². The Labute approximate surface area is 257 Å². The number of amides is 2. The summed E-state index contributed by atoms with van der Waals surface area (Å²) in [7, 11) is 0. The third kappa shape index (κ3) is 7.74. The minimum atomic E-state index is -1.13. The highest BCUT2D eigenvalue weighted by Crippen LogP contribution is 2.34. The molecule has 0 spiro atoms. The third-order valence-electron chi connectivity index (χ3n) is 7.94. The van der Waals surface area contributed by atoms with Crippen molar-refractivity contribution in [1.29, 1.82) is 0 Å². The van der Waals surface area contributed by atoms with Gasteiger partial charge in [0.1, 0.15) is 17.9 Å². The number of nitrogens with zero attached hydrogens (tertiary/aromatic N) is 2. The average molecular weight is 601 g/mol. The molecule has 2 aromatic carbocycles. The Morgan fingerprint density at radius 2 is 1.95 bits per heavy atom. The Kier molecular flexibility index (Phi) is 10.5. The summed E-state index contributed by atoms with van der Waals surface area (Å²) in [5.41, 5.74) is 3.41. The van der Waals surface area contributed by atoms with Gasteiger partial charge < -0.3 is 19.5 Å². The number of fused-ring (bicyclic) bond motifs is 3. The molecule has 1 saturated heterocycles. The van der Waals surface area contributed by atoms with Crippen LogP contribution < -0.4 is 15.4 Å². The number of alkyl carbamates (subject to hydrolysis) is 1. The molecule has 1 fully saturated rings. The molecule has 5 rings (SSSR count). The molecule has 0 radical (unpaired) electrons. The van der Waals surface area contributed by atoms with E-state index in [0.717, 1.165) is 59.8 Å². The van der Waals surface area contributed by atoms with Crippen molar-refractivity contribution in [1.82, 2.24) is 20.5 Å². The summed E-state index contributed by atoms with van der Waals surface area (Å²) in [6.07, 6.45) is 6.93. The van der Waals surface area contributed by atoms with E-state index in [0.29, 0.717) is 18.7 Å². The zero-order valence-electron chi connectivity index (χ0n) is 25.0. The number of carboxylic acids is 1. The molecule has 4 bridgehead atoms. The lowest BCUT2D eigenvalue weighted by Crippen LogP contribution is -2.58. The van der Waals surface area contributed by atoms with E-state index in [9.17, 15) is 19.5 Å². The Morgan fingerprint density at radius 3 is 2.75 bits per heavy atom. The van der Waals surface area contributed by atoms with Gasteiger partial charge in [0, 0.05) is 23.4 Å². The standard InChI is InChI=1S/C34H40N4O6/c1-2-3-17-35-31-32(39)38-22-25(20-29(38)33(40)41)44-30-21-28(24-13-9-7-10-14-24)36-27-16-15-23(19-26(27)30)12-8-5-4-6-11-18-43-34(42)37-31/h7-10,12-16,19,21,25,29,31,35H,2-6,11,17-18,20,22H2,1H3,(H,37,42)(H,40,41)/b12-8+/t25-,29+,31-/m1/s1. The molecule has 0 saturated carbocycles. The van der Waals surface area contributed by atoms with Gasteiger partial charge in [-0.05, 0) is 56.3 Å². The molecular weight excluding hydrogens is 560 g/mol. The topological polar surface area (TPSA) is 130 Å². The molecule has 3 aromatic rings. The number of hydrogen-bond acceptors (Lipinski definition) is 7. The van der Waals surface area contributed by atoms with Crippen molar-refractivity contribution in [2.75, 3.05) is 19.7 Å². The van der Waals surface area contributed by atoms with Crippen LogP contribution in [0, 0.1) is 0 Å². The van der Waals surface area contributed by atoms with Crippen LogP contribution in [0.25, 0.3) is 28.2 Å². The zero-order valence-corrected chi connectivity index (χ0v) is 25.0. The van der Waals surface area contributed by atoms with Gasteiger partial charge in [-0.15, -0.1) is 0 Å². The smallest absolute Gasteiger partial charge is 0.408 e. The maximum Gasteiger partial charge on any atom is 0.408 e. The number of rotatable bonds is 6. The number of benzene rings is 2. The summed E-state index contributed by atoms with van der Waals surface area (Å²) in [6.45, 7) is 2.77. The molecule has 0 unspecified atom stereocenters. The van der Waals surface area contributed by atoms with Crippen LogP contribution in [0.3, 0.4) is 0 Å². The van der Waals surface area contributed by atoms with Crippen molar-refractivity contribution in [3.8, 4) is 17.0 Å². The molecule has 2 aliphatic rings. The molecule has 232 valence electrons. The fraction of sp³-hybridized carbons (Fsp3) is 0.412. The second-order valence-electron chi connectivity index (χ2n) is 11.2. The Bertz CT molecular complexity index is 1490. The normalized spacial score (nSPS) is 22.2. The van der Waals surface area contributed by atoms with Crippen LogP contribution in [0.2, 0.25) is 0 Å². The first-order valence-corrected chi connectivity index (χ1v) is 15.5. The summed E-state index contributed by atoms with van der Waals surface area (Å²) in [6, 6.07) is 16.6. The molecule has 10 heteroatoms. The number of carboxylic acid groups (broad SMARTS) is 1. The number of aromatic nitrogens is 1. The molecule has 10 nitrogen and oxygen atoms in total. The van der Waals surface area contributed by atoms with Crippen molar-refractivity contribution in [3.05, 3.63) is 66.2 Å². The van der Waals surface area contributed by atoms with Gasteiger partial charge in [-0.1, -0.05) is 61.9 Å². The monoisotopic (exact) mass is 600 g/mol. The van der Waals surface area contributed by atoms with Crippen LogP contribution in [0.1, 0.15) is 57.4 Å². The van der Waals surface area contributed by atoms with E-state index in [1.807, 2.05) is 61.5 Å². The molecule has 1 aromatic heterocycles. The summed E-state index contributed by atoms with van der Waals surface area (Å²) >= 11 is 0. The predicted octanol–water partition coefficient (Wildman–Crippen LogP) is 5.36. The fourth-order valence-corrected chi connectivity index (χ4v) is 5.58. The van der Waals surface area contributed by atoms with Crippen molar-refractivity contribution in [3.63, 3.8) is 0 Å².